The van der Waals surface area contributed by atoms with E-state index in [4.69, 9.17) is 4.74 Å². The summed E-state index contributed by atoms with van der Waals surface area (Å²) in [5, 5.41) is 0. The van der Waals surface area contributed by atoms with E-state index in [0.717, 1.165) is 36.3 Å². The predicted molar refractivity (Wildman–Crippen MR) is 122 cm³/mol. The maximum atomic E-state index is 13.8. The highest BCUT2D eigenvalue weighted by Gasteiger charge is 2.26. The van der Waals surface area contributed by atoms with Crippen LogP contribution in [0.2, 0.25) is 0 Å². The monoisotopic (exact) mass is 408 g/mol. The van der Waals surface area contributed by atoms with Gasteiger partial charge in [0.2, 0.25) is 0 Å². The molecule has 2 unspecified atom stereocenters. The smallest absolute Gasteiger partial charge is 0.126 e. The van der Waals surface area contributed by atoms with Crippen LogP contribution in [-0.2, 0) is 17.6 Å². The minimum absolute atomic E-state index is 0.107. The molecule has 162 valence electrons. The first-order valence-electron chi connectivity index (χ1n) is 12.0. The highest BCUT2D eigenvalue weighted by Crippen LogP contribution is 2.35. The van der Waals surface area contributed by atoms with E-state index >= 15 is 0 Å². The van der Waals surface area contributed by atoms with Crippen molar-refractivity contribution in [3.63, 3.8) is 0 Å². The van der Waals surface area contributed by atoms with Crippen LogP contribution in [0.25, 0.3) is 0 Å². The molecule has 1 nitrogen and oxygen atoms in total. The molecule has 0 radical (unpaired) electrons. The summed E-state index contributed by atoms with van der Waals surface area (Å²) in [6.07, 6.45) is 11.9. The fourth-order valence-corrected chi connectivity index (χ4v) is 5.27. The van der Waals surface area contributed by atoms with Gasteiger partial charge in [-0.05, 0) is 97.9 Å². The lowest BCUT2D eigenvalue weighted by atomic mass is 9.76. The highest BCUT2D eigenvalue weighted by molar-refractivity contribution is 5.31. The van der Waals surface area contributed by atoms with Crippen LogP contribution in [0.1, 0.15) is 74.1 Å². The fraction of sp³-hybridized carbons (Fsp3) is 0.571. The van der Waals surface area contributed by atoms with Crippen LogP contribution >= 0.6 is 0 Å². The van der Waals surface area contributed by atoms with Gasteiger partial charge in [-0.15, -0.1) is 0 Å². The molecule has 0 amide bonds. The zero-order valence-corrected chi connectivity index (χ0v) is 18.7. The summed E-state index contributed by atoms with van der Waals surface area (Å²) in [5.41, 5.74) is 4.46. The Morgan fingerprint density at radius 2 is 1.50 bits per heavy atom. The van der Waals surface area contributed by atoms with Gasteiger partial charge in [0, 0.05) is 6.61 Å². The summed E-state index contributed by atoms with van der Waals surface area (Å²) in [6.45, 7) is 5.08. The van der Waals surface area contributed by atoms with E-state index < -0.39 is 0 Å². The molecule has 1 heterocycles. The molecule has 30 heavy (non-hydrogen) atoms. The molecule has 2 aromatic carbocycles. The van der Waals surface area contributed by atoms with Crippen molar-refractivity contribution in [3.8, 4) is 0 Å². The Balaban J connectivity index is 1.22. The lowest BCUT2D eigenvalue weighted by Crippen LogP contribution is -2.28. The van der Waals surface area contributed by atoms with Crippen molar-refractivity contribution in [1.29, 1.82) is 0 Å². The van der Waals surface area contributed by atoms with Crippen LogP contribution in [0, 0.1) is 30.5 Å². The molecule has 0 aromatic heterocycles. The van der Waals surface area contributed by atoms with Crippen molar-refractivity contribution < 1.29 is 9.13 Å². The number of hydrogen-bond acceptors (Lipinski definition) is 1. The van der Waals surface area contributed by atoms with Crippen LogP contribution < -0.4 is 0 Å². The van der Waals surface area contributed by atoms with Gasteiger partial charge in [0.25, 0.3) is 0 Å². The van der Waals surface area contributed by atoms with Gasteiger partial charge in [-0.25, -0.2) is 4.39 Å². The summed E-state index contributed by atoms with van der Waals surface area (Å²) >= 11 is 0. The topological polar surface area (TPSA) is 9.23 Å². The SMILES string of the molecule is Cc1ccc(Cc2ccc(CC3CCC(CC4CCC(C)CO4)CC3)cc2)cc1F. The second-order valence-corrected chi connectivity index (χ2v) is 10.0. The van der Waals surface area contributed by atoms with Crippen LogP contribution in [0.5, 0.6) is 0 Å². The van der Waals surface area contributed by atoms with Gasteiger partial charge in [0.15, 0.2) is 0 Å². The molecule has 1 aliphatic carbocycles. The van der Waals surface area contributed by atoms with E-state index in [1.54, 1.807) is 6.07 Å². The Morgan fingerprint density at radius 3 is 2.17 bits per heavy atom. The molecule has 0 bridgehead atoms. The van der Waals surface area contributed by atoms with Gasteiger partial charge < -0.3 is 4.74 Å². The summed E-state index contributed by atoms with van der Waals surface area (Å²) in [7, 11) is 0. The Bertz CT molecular complexity index is 796. The maximum absolute atomic E-state index is 13.8. The van der Waals surface area contributed by atoms with Gasteiger partial charge in [-0.1, -0.05) is 56.2 Å². The third-order valence-electron chi connectivity index (χ3n) is 7.35. The number of rotatable bonds is 6. The zero-order valence-electron chi connectivity index (χ0n) is 18.7. The van der Waals surface area contributed by atoms with E-state index in [1.165, 1.54) is 62.5 Å². The first-order valence-corrected chi connectivity index (χ1v) is 12.0. The standard InChI is InChI=1S/C28H37FO/c1-20-3-14-27(30-19-20)17-25-12-10-23(11-13-25)15-22-6-8-24(9-7-22)16-26-5-4-21(2)28(29)18-26/h4-9,18,20,23,25,27H,3,10-17,19H2,1-2H3. The van der Waals surface area contributed by atoms with Gasteiger partial charge in [-0.2, -0.15) is 0 Å². The second kappa shape index (κ2) is 10.1. The van der Waals surface area contributed by atoms with E-state index in [2.05, 4.69) is 31.2 Å². The van der Waals surface area contributed by atoms with Crippen LogP contribution in [-0.4, -0.2) is 12.7 Å². The van der Waals surface area contributed by atoms with Crippen molar-refractivity contribution in [3.05, 3.63) is 70.5 Å². The van der Waals surface area contributed by atoms with E-state index in [-0.39, 0.29) is 5.82 Å². The first-order chi connectivity index (χ1) is 14.5. The quantitative estimate of drug-likeness (QED) is 0.488. The molecule has 2 fully saturated rings. The van der Waals surface area contributed by atoms with E-state index in [9.17, 15) is 4.39 Å². The Hall–Kier alpha value is -1.67. The van der Waals surface area contributed by atoms with Crippen molar-refractivity contribution >= 4 is 0 Å². The summed E-state index contributed by atoms with van der Waals surface area (Å²) in [5.74, 6) is 2.34. The fourth-order valence-electron chi connectivity index (χ4n) is 5.27. The summed E-state index contributed by atoms with van der Waals surface area (Å²) in [4.78, 5) is 0. The van der Waals surface area contributed by atoms with Crippen molar-refractivity contribution in [2.45, 2.75) is 77.7 Å². The maximum Gasteiger partial charge on any atom is 0.126 e. The number of hydrogen-bond donors (Lipinski definition) is 0. The molecule has 0 spiro atoms. The highest BCUT2D eigenvalue weighted by atomic mass is 19.1. The van der Waals surface area contributed by atoms with Crippen molar-refractivity contribution in [2.75, 3.05) is 6.61 Å². The Labute approximate surface area is 182 Å². The van der Waals surface area contributed by atoms with E-state index in [1.807, 2.05) is 19.1 Å². The molecule has 4 rings (SSSR count). The number of aryl methyl sites for hydroxylation is 1. The first kappa shape index (κ1) is 21.6. The number of ether oxygens (including phenoxy) is 1. The average Bonchev–Trinajstić information content (AvgIpc) is 2.75. The second-order valence-electron chi connectivity index (χ2n) is 10.0. The average molecular weight is 409 g/mol. The lowest BCUT2D eigenvalue weighted by molar-refractivity contribution is -0.0267. The van der Waals surface area contributed by atoms with Crippen molar-refractivity contribution in [1.82, 2.24) is 0 Å². The lowest BCUT2D eigenvalue weighted by Gasteiger charge is -2.33. The van der Waals surface area contributed by atoms with Gasteiger partial charge in [-0.3, -0.25) is 0 Å². The largest absolute Gasteiger partial charge is 0.378 e. The molecule has 2 aromatic rings. The zero-order chi connectivity index (χ0) is 20.9. The molecule has 2 heteroatoms. The van der Waals surface area contributed by atoms with Crippen LogP contribution in [0.15, 0.2) is 42.5 Å². The molecule has 1 saturated carbocycles. The van der Waals surface area contributed by atoms with Crippen molar-refractivity contribution in [2.24, 2.45) is 17.8 Å². The van der Waals surface area contributed by atoms with Gasteiger partial charge in [0.1, 0.15) is 5.82 Å². The molecular formula is C28H37FO. The predicted octanol–water partition coefficient (Wildman–Crippen LogP) is 7.28. The third-order valence-corrected chi connectivity index (χ3v) is 7.35. The molecule has 1 saturated heterocycles. The third kappa shape index (κ3) is 5.94. The van der Waals surface area contributed by atoms with Crippen LogP contribution in [0.4, 0.5) is 4.39 Å². The molecule has 1 aliphatic heterocycles. The molecule has 2 atom stereocenters. The Morgan fingerprint density at radius 1 is 0.833 bits per heavy atom. The van der Waals surface area contributed by atoms with Crippen LogP contribution in [0.3, 0.4) is 0 Å². The normalized spacial score (nSPS) is 27.2. The summed E-state index contributed by atoms with van der Waals surface area (Å²) in [6, 6.07) is 14.6. The number of halogens is 1. The number of benzene rings is 2. The van der Waals surface area contributed by atoms with Gasteiger partial charge in [0.05, 0.1) is 6.10 Å². The minimum Gasteiger partial charge on any atom is -0.378 e. The molecular weight excluding hydrogens is 371 g/mol. The van der Waals surface area contributed by atoms with E-state index in [0.29, 0.717) is 11.7 Å². The van der Waals surface area contributed by atoms with Gasteiger partial charge >= 0.3 is 0 Å². The molecule has 0 N–H and O–H groups in total. The minimum atomic E-state index is -0.107. The Kier molecular flexibility index (Phi) is 7.25. The molecule has 2 aliphatic rings. The summed E-state index contributed by atoms with van der Waals surface area (Å²) < 4.78 is 19.8.